The molecule has 2 aromatic rings. The van der Waals surface area contributed by atoms with E-state index in [0.717, 1.165) is 35.5 Å². The number of rotatable bonds is 3. The molecule has 1 atom stereocenters. The maximum atomic E-state index is 9.22. The van der Waals surface area contributed by atoms with Crippen LogP contribution in [0.1, 0.15) is 42.4 Å². The van der Waals surface area contributed by atoms with Gasteiger partial charge in [0.2, 0.25) is 0 Å². The summed E-state index contributed by atoms with van der Waals surface area (Å²) in [5.74, 6) is 0.467. The van der Waals surface area contributed by atoms with E-state index in [2.05, 4.69) is 33.4 Å². The number of hydrogen-bond acceptors (Lipinski definition) is 3. The second kappa shape index (κ2) is 6.16. The van der Waals surface area contributed by atoms with Crippen LogP contribution in [0.2, 0.25) is 5.02 Å². The molecule has 3 rings (SSSR count). The Balaban J connectivity index is 2.24. The van der Waals surface area contributed by atoms with Crippen LogP contribution in [-0.4, -0.2) is 10.2 Å². The topological polar surface area (TPSA) is 68.9 Å². The molecule has 0 amide bonds. The van der Waals surface area contributed by atoms with E-state index in [1.165, 1.54) is 0 Å². The number of nitrogens with one attached hydrogen (secondary N) is 2. The van der Waals surface area contributed by atoms with Crippen LogP contribution in [0.3, 0.4) is 0 Å². The number of fused-ring (bicyclic) bond motifs is 1. The van der Waals surface area contributed by atoms with E-state index < -0.39 is 0 Å². The average molecular weight is 324 g/mol. The Morgan fingerprint density at radius 3 is 2.96 bits per heavy atom. The molecule has 2 heterocycles. The summed E-state index contributed by atoms with van der Waals surface area (Å²) < 4.78 is 0. The van der Waals surface area contributed by atoms with Crippen molar-refractivity contribution >= 4 is 17.4 Å². The summed E-state index contributed by atoms with van der Waals surface area (Å²) in [6.45, 7) is 9.70. The first kappa shape index (κ1) is 15.1. The van der Waals surface area contributed by atoms with Crippen molar-refractivity contribution in [1.82, 2.24) is 10.2 Å². The first-order valence-corrected chi connectivity index (χ1v) is 7.68. The molecule has 114 valence electrons. The molecule has 1 aliphatic heterocycles. The van der Waals surface area contributed by atoms with Crippen LogP contribution in [0.25, 0.3) is 4.85 Å². The van der Waals surface area contributed by atoms with Gasteiger partial charge in [0.25, 0.3) is 0 Å². The highest BCUT2D eigenvalue weighted by atomic mass is 35.5. The summed E-state index contributed by atoms with van der Waals surface area (Å²) in [7, 11) is 0. The smallest absolute Gasteiger partial charge is 0.196 e. The Kier molecular flexibility index (Phi) is 4.06. The lowest BCUT2D eigenvalue weighted by Crippen LogP contribution is -2.17. The summed E-state index contributed by atoms with van der Waals surface area (Å²) in [4.78, 5) is 3.76. The second-order valence-corrected chi connectivity index (χ2v) is 5.68. The summed E-state index contributed by atoms with van der Waals surface area (Å²) in [5, 5.41) is 19.9. The van der Waals surface area contributed by atoms with Gasteiger partial charge in [0, 0.05) is 11.3 Å². The molecule has 1 aromatic heterocycles. The van der Waals surface area contributed by atoms with Crippen LogP contribution in [0, 0.1) is 17.9 Å². The molecule has 0 bridgehead atoms. The van der Waals surface area contributed by atoms with Crippen molar-refractivity contribution in [1.29, 1.82) is 5.26 Å². The molecule has 0 saturated heterocycles. The van der Waals surface area contributed by atoms with E-state index in [9.17, 15) is 5.26 Å². The number of anilines is 1. The van der Waals surface area contributed by atoms with Gasteiger partial charge in [0.15, 0.2) is 5.70 Å². The molecular weight excluding hydrogens is 310 g/mol. The van der Waals surface area contributed by atoms with E-state index in [-0.39, 0.29) is 5.92 Å². The molecule has 23 heavy (non-hydrogen) atoms. The van der Waals surface area contributed by atoms with Gasteiger partial charge in [0.1, 0.15) is 11.9 Å². The van der Waals surface area contributed by atoms with Gasteiger partial charge < -0.3 is 5.32 Å². The van der Waals surface area contributed by atoms with E-state index in [1.807, 2.05) is 6.07 Å². The van der Waals surface area contributed by atoms with Gasteiger partial charge in [-0.3, -0.25) is 5.10 Å². The zero-order valence-electron chi connectivity index (χ0n) is 12.5. The van der Waals surface area contributed by atoms with Crippen LogP contribution < -0.4 is 5.32 Å². The first-order chi connectivity index (χ1) is 11.2. The lowest BCUT2D eigenvalue weighted by molar-refractivity contribution is 0.845. The van der Waals surface area contributed by atoms with Crippen molar-refractivity contribution in [3.05, 3.63) is 68.9 Å². The van der Waals surface area contributed by atoms with Crippen LogP contribution >= 0.6 is 11.6 Å². The maximum absolute atomic E-state index is 9.22. The Morgan fingerprint density at radius 1 is 1.43 bits per heavy atom. The summed E-state index contributed by atoms with van der Waals surface area (Å²) >= 11 is 6.42. The molecule has 0 fully saturated rings. The standard InChI is InChI=1S/C17H14ClN5/c1-3-5-13-16(20-2)14(12-9-21-23-17(12)22-13)11-7-4-6-10(8-19)15(11)18/h4,6-7,9,14H,3,5H2,1H3,(H2,21,22,23). The normalized spacial score (nSPS) is 16.3. The molecule has 0 spiro atoms. The van der Waals surface area contributed by atoms with Gasteiger partial charge in [-0.15, -0.1) is 0 Å². The number of H-pyrrole nitrogens is 1. The van der Waals surface area contributed by atoms with Crippen molar-refractivity contribution in [3.8, 4) is 6.07 Å². The highest BCUT2D eigenvalue weighted by Gasteiger charge is 2.32. The quantitative estimate of drug-likeness (QED) is 0.821. The number of nitrogens with zero attached hydrogens (tertiary/aromatic N) is 3. The zero-order valence-corrected chi connectivity index (χ0v) is 13.3. The van der Waals surface area contributed by atoms with Crippen molar-refractivity contribution < 1.29 is 0 Å². The Hall–Kier alpha value is -2.76. The van der Waals surface area contributed by atoms with Crippen molar-refractivity contribution in [3.63, 3.8) is 0 Å². The molecular formula is C17H14ClN5. The Labute approximate surface area is 139 Å². The molecule has 1 aromatic carbocycles. The van der Waals surface area contributed by atoms with Crippen molar-refractivity contribution in [2.24, 2.45) is 0 Å². The van der Waals surface area contributed by atoms with Gasteiger partial charge >= 0.3 is 0 Å². The van der Waals surface area contributed by atoms with Crippen LogP contribution in [0.4, 0.5) is 5.82 Å². The largest absolute Gasteiger partial charge is 0.354 e. The van der Waals surface area contributed by atoms with Gasteiger partial charge in [-0.1, -0.05) is 37.1 Å². The summed E-state index contributed by atoms with van der Waals surface area (Å²) in [6, 6.07) is 7.44. The monoisotopic (exact) mass is 323 g/mol. The molecule has 0 saturated carbocycles. The molecule has 1 aliphatic rings. The molecule has 0 radical (unpaired) electrons. The molecule has 5 nitrogen and oxygen atoms in total. The fourth-order valence-electron chi connectivity index (χ4n) is 2.90. The zero-order chi connectivity index (χ0) is 16.4. The number of nitriles is 1. The van der Waals surface area contributed by atoms with Gasteiger partial charge in [-0.2, -0.15) is 10.4 Å². The van der Waals surface area contributed by atoms with Crippen molar-refractivity contribution in [2.75, 3.05) is 5.32 Å². The highest BCUT2D eigenvalue weighted by molar-refractivity contribution is 6.32. The third-order valence-electron chi connectivity index (χ3n) is 3.92. The minimum absolute atomic E-state index is 0.315. The number of allylic oxidation sites excluding steroid dienone is 2. The van der Waals surface area contributed by atoms with E-state index in [1.54, 1.807) is 18.3 Å². The number of hydrogen-bond donors (Lipinski definition) is 2. The van der Waals surface area contributed by atoms with E-state index in [0.29, 0.717) is 16.3 Å². The number of halogens is 1. The van der Waals surface area contributed by atoms with Crippen LogP contribution in [0.15, 0.2) is 35.8 Å². The second-order valence-electron chi connectivity index (χ2n) is 5.30. The average Bonchev–Trinajstić information content (AvgIpc) is 3.02. The third-order valence-corrected chi connectivity index (χ3v) is 4.34. The summed E-state index contributed by atoms with van der Waals surface area (Å²) in [6.07, 6.45) is 3.39. The van der Waals surface area contributed by atoms with Crippen LogP contribution in [0.5, 0.6) is 0 Å². The van der Waals surface area contributed by atoms with Crippen LogP contribution in [-0.2, 0) is 0 Å². The maximum Gasteiger partial charge on any atom is 0.196 e. The highest BCUT2D eigenvalue weighted by Crippen LogP contribution is 2.44. The number of benzene rings is 1. The molecule has 2 N–H and O–H groups in total. The lowest BCUT2D eigenvalue weighted by Gasteiger charge is -2.26. The number of aromatic amines is 1. The Bertz CT molecular complexity index is 866. The minimum atomic E-state index is -0.315. The first-order valence-electron chi connectivity index (χ1n) is 7.30. The minimum Gasteiger partial charge on any atom is -0.354 e. The number of aromatic nitrogens is 2. The van der Waals surface area contributed by atoms with E-state index in [4.69, 9.17) is 18.2 Å². The molecule has 6 heteroatoms. The molecule has 0 aliphatic carbocycles. The summed E-state index contributed by atoms with van der Waals surface area (Å²) in [5.41, 5.74) is 3.52. The lowest BCUT2D eigenvalue weighted by atomic mass is 9.85. The van der Waals surface area contributed by atoms with E-state index >= 15 is 0 Å². The van der Waals surface area contributed by atoms with Gasteiger partial charge in [-0.25, -0.2) is 4.85 Å². The fraction of sp³-hybridized carbons (Fsp3) is 0.235. The fourth-order valence-corrected chi connectivity index (χ4v) is 3.17. The van der Waals surface area contributed by atoms with Gasteiger partial charge in [-0.05, 0) is 18.1 Å². The SMILES string of the molecule is [C-]#[N+]C1=C(CCC)Nc2[nH]ncc2C1c1cccc(C#N)c1Cl. The van der Waals surface area contributed by atoms with Gasteiger partial charge in [0.05, 0.1) is 29.3 Å². The third kappa shape index (κ3) is 2.46. The molecule has 1 unspecified atom stereocenters. The predicted octanol–water partition coefficient (Wildman–Crippen LogP) is 4.42. The van der Waals surface area contributed by atoms with Crippen molar-refractivity contribution in [2.45, 2.75) is 25.7 Å². The Morgan fingerprint density at radius 2 is 2.26 bits per heavy atom. The predicted molar refractivity (Wildman–Crippen MR) is 88.8 cm³/mol.